The van der Waals surface area contributed by atoms with Crippen LogP contribution in [0.25, 0.3) is 11.4 Å². The molecule has 0 saturated heterocycles. The van der Waals surface area contributed by atoms with Crippen molar-refractivity contribution in [2.24, 2.45) is 0 Å². The van der Waals surface area contributed by atoms with Gasteiger partial charge in [0.05, 0.1) is 22.0 Å². The molecule has 1 amide bonds. The van der Waals surface area contributed by atoms with E-state index < -0.39 is 10.8 Å². The summed E-state index contributed by atoms with van der Waals surface area (Å²) in [5.41, 5.74) is 1.53. The van der Waals surface area contributed by atoms with E-state index in [1.54, 1.807) is 36.5 Å². The van der Waals surface area contributed by atoms with E-state index in [1.807, 2.05) is 0 Å². The van der Waals surface area contributed by atoms with E-state index in [9.17, 15) is 14.9 Å². The van der Waals surface area contributed by atoms with E-state index in [0.717, 1.165) is 0 Å². The highest BCUT2D eigenvalue weighted by Gasteiger charge is 2.15. The molecule has 11 heteroatoms. The first-order valence-electron chi connectivity index (χ1n) is 8.28. The predicted molar refractivity (Wildman–Crippen MR) is 105 cm³/mol. The number of non-ortho nitro benzene ring substituents is 1. The number of halogens is 1. The van der Waals surface area contributed by atoms with Crippen molar-refractivity contribution < 1.29 is 9.72 Å². The van der Waals surface area contributed by atoms with Crippen LogP contribution in [0.4, 0.5) is 11.4 Å². The van der Waals surface area contributed by atoms with Crippen LogP contribution in [0.2, 0.25) is 5.02 Å². The van der Waals surface area contributed by atoms with Crippen molar-refractivity contribution >= 4 is 28.9 Å². The number of benzene rings is 2. The van der Waals surface area contributed by atoms with Gasteiger partial charge in [0.2, 0.25) is 0 Å². The number of hydrogen-bond acceptors (Lipinski definition) is 6. The quantitative estimate of drug-likeness (QED) is 0.399. The van der Waals surface area contributed by atoms with E-state index in [1.165, 1.54) is 40.2 Å². The third-order valence-corrected chi connectivity index (χ3v) is 4.23. The van der Waals surface area contributed by atoms with E-state index in [0.29, 0.717) is 22.1 Å². The summed E-state index contributed by atoms with van der Waals surface area (Å²) in [6, 6.07) is 12.4. The Bertz CT molecular complexity index is 1200. The van der Waals surface area contributed by atoms with E-state index in [2.05, 4.69) is 20.5 Å². The van der Waals surface area contributed by atoms with E-state index >= 15 is 0 Å². The molecule has 0 aliphatic heterocycles. The molecule has 0 unspecified atom stereocenters. The Balaban J connectivity index is 1.60. The first-order valence-corrected chi connectivity index (χ1v) is 8.65. The van der Waals surface area contributed by atoms with Crippen LogP contribution in [0.15, 0.2) is 67.4 Å². The fourth-order valence-electron chi connectivity index (χ4n) is 2.67. The summed E-state index contributed by atoms with van der Waals surface area (Å²) in [6.07, 6.45) is 4.42. The topological polar surface area (TPSA) is 121 Å². The monoisotopic (exact) mass is 409 g/mol. The lowest BCUT2D eigenvalue weighted by molar-refractivity contribution is -0.384. The number of nitrogens with one attached hydrogen (secondary N) is 1. The number of amides is 1. The lowest BCUT2D eigenvalue weighted by atomic mass is 10.2. The van der Waals surface area contributed by atoms with Crippen LogP contribution in [-0.2, 0) is 0 Å². The molecule has 2 aromatic carbocycles. The fraction of sp³-hybridized carbons (Fsp3) is 0. The predicted octanol–water partition coefficient (Wildman–Crippen LogP) is 3.27. The first-order chi connectivity index (χ1) is 14.0. The minimum atomic E-state index is -0.495. The SMILES string of the molecule is O=C(Nc1cc(Cl)ccc1-n1cncn1)c1ccn(-c2cccc([N+](=O)[O-])c2)n1. The van der Waals surface area contributed by atoms with Crippen molar-refractivity contribution in [2.75, 3.05) is 5.32 Å². The Hall–Kier alpha value is -4.05. The van der Waals surface area contributed by atoms with Gasteiger partial charge < -0.3 is 5.32 Å². The van der Waals surface area contributed by atoms with Crippen molar-refractivity contribution in [1.29, 1.82) is 0 Å². The Morgan fingerprint density at radius 1 is 1.14 bits per heavy atom. The maximum atomic E-state index is 12.7. The van der Waals surface area contributed by atoms with Crippen molar-refractivity contribution in [3.8, 4) is 11.4 Å². The zero-order valence-electron chi connectivity index (χ0n) is 14.6. The molecule has 0 saturated carbocycles. The maximum Gasteiger partial charge on any atom is 0.276 e. The van der Waals surface area contributed by atoms with Crippen molar-refractivity contribution in [1.82, 2.24) is 24.5 Å². The minimum Gasteiger partial charge on any atom is -0.319 e. The molecule has 0 aliphatic carbocycles. The van der Waals surface area contributed by atoms with Crippen molar-refractivity contribution in [3.63, 3.8) is 0 Å². The molecule has 1 N–H and O–H groups in total. The Kier molecular flexibility index (Phi) is 4.75. The van der Waals surface area contributed by atoms with Gasteiger partial charge in [-0.05, 0) is 30.3 Å². The number of hydrogen-bond donors (Lipinski definition) is 1. The molecule has 2 heterocycles. The number of nitro groups is 1. The second-order valence-corrected chi connectivity index (χ2v) is 6.31. The van der Waals surface area contributed by atoms with Gasteiger partial charge in [-0.1, -0.05) is 17.7 Å². The Morgan fingerprint density at radius 2 is 2.00 bits per heavy atom. The first kappa shape index (κ1) is 18.3. The molecule has 0 atom stereocenters. The standard InChI is InChI=1S/C18H12ClN7O3/c19-12-4-5-17(25-11-20-10-21-25)16(8-12)22-18(27)15-6-7-24(23-15)13-2-1-3-14(9-13)26(28)29/h1-11H,(H,22,27). The lowest BCUT2D eigenvalue weighted by Gasteiger charge is -2.10. The number of nitrogens with zero attached hydrogens (tertiary/aromatic N) is 6. The number of nitro benzene ring substituents is 1. The second-order valence-electron chi connectivity index (χ2n) is 5.88. The average molecular weight is 410 g/mol. The van der Waals surface area contributed by atoms with Crippen LogP contribution in [0.1, 0.15) is 10.5 Å². The third-order valence-electron chi connectivity index (χ3n) is 4.00. The molecular weight excluding hydrogens is 398 g/mol. The van der Waals surface area contributed by atoms with Crippen molar-refractivity contribution in [3.05, 3.63) is 88.2 Å². The summed E-state index contributed by atoms with van der Waals surface area (Å²) in [4.78, 5) is 27.0. The highest BCUT2D eigenvalue weighted by Crippen LogP contribution is 2.24. The maximum absolute atomic E-state index is 12.7. The summed E-state index contributed by atoms with van der Waals surface area (Å²) in [5.74, 6) is -0.474. The van der Waals surface area contributed by atoms with Crippen LogP contribution in [0.3, 0.4) is 0 Å². The highest BCUT2D eigenvalue weighted by atomic mass is 35.5. The van der Waals surface area contributed by atoms with Crippen molar-refractivity contribution in [2.45, 2.75) is 0 Å². The molecular formula is C18H12ClN7O3. The molecule has 2 aromatic heterocycles. The highest BCUT2D eigenvalue weighted by molar-refractivity contribution is 6.31. The van der Waals surface area contributed by atoms with Gasteiger partial charge in [0.15, 0.2) is 5.69 Å². The van der Waals surface area contributed by atoms with Crippen LogP contribution >= 0.6 is 11.6 Å². The molecule has 0 aliphatic rings. The minimum absolute atomic E-state index is 0.0691. The number of aromatic nitrogens is 5. The van der Waals surface area contributed by atoms with Gasteiger partial charge in [0, 0.05) is 23.4 Å². The number of carbonyl (C=O) groups excluding carboxylic acids is 1. The summed E-state index contributed by atoms with van der Waals surface area (Å²) >= 11 is 6.06. The molecule has 0 radical (unpaired) electrons. The molecule has 144 valence electrons. The average Bonchev–Trinajstić information content (AvgIpc) is 3.40. The molecule has 29 heavy (non-hydrogen) atoms. The summed E-state index contributed by atoms with van der Waals surface area (Å²) < 4.78 is 2.88. The van der Waals surface area contributed by atoms with E-state index in [-0.39, 0.29) is 11.4 Å². The molecule has 0 spiro atoms. The summed E-state index contributed by atoms with van der Waals surface area (Å²) in [7, 11) is 0. The Labute approximate surface area is 168 Å². The number of rotatable bonds is 5. The largest absolute Gasteiger partial charge is 0.319 e. The molecule has 0 fully saturated rings. The molecule has 4 aromatic rings. The fourth-order valence-corrected chi connectivity index (χ4v) is 2.84. The van der Waals surface area contributed by atoms with Gasteiger partial charge in [0.25, 0.3) is 11.6 Å². The van der Waals surface area contributed by atoms with Crippen LogP contribution in [0.5, 0.6) is 0 Å². The molecule has 4 rings (SSSR count). The lowest BCUT2D eigenvalue weighted by Crippen LogP contribution is -2.15. The second kappa shape index (κ2) is 7.52. The molecule has 10 nitrogen and oxygen atoms in total. The van der Waals surface area contributed by atoms with Gasteiger partial charge in [-0.2, -0.15) is 10.2 Å². The van der Waals surface area contributed by atoms with Crippen LogP contribution < -0.4 is 5.32 Å². The third kappa shape index (κ3) is 3.82. The summed E-state index contributed by atoms with van der Waals surface area (Å²) in [6.45, 7) is 0. The zero-order chi connectivity index (χ0) is 20.4. The number of anilines is 1. The van der Waals surface area contributed by atoms with Gasteiger partial charge in [-0.15, -0.1) is 0 Å². The van der Waals surface area contributed by atoms with Crippen LogP contribution in [-0.4, -0.2) is 35.4 Å². The zero-order valence-corrected chi connectivity index (χ0v) is 15.4. The summed E-state index contributed by atoms with van der Waals surface area (Å²) in [5, 5.41) is 22.4. The van der Waals surface area contributed by atoms with Gasteiger partial charge in [0.1, 0.15) is 12.7 Å². The van der Waals surface area contributed by atoms with Gasteiger partial charge >= 0.3 is 0 Å². The normalized spacial score (nSPS) is 10.7. The Morgan fingerprint density at radius 3 is 2.76 bits per heavy atom. The smallest absolute Gasteiger partial charge is 0.276 e. The van der Waals surface area contributed by atoms with Crippen LogP contribution in [0, 0.1) is 10.1 Å². The number of carbonyl (C=O) groups is 1. The van der Waals surface area contributed by atoms with Gasteiger partial charge in [-0.25, -0.2) is 14.3 Å². The van der Waals surface area contributed by atoms with Gasteiger partial charge in [-0.3, -0.25) is 14.9 Å². The molecule has 0 bridgehead atoms. The van der Waals surface area contributed by atoms with E-state index in [4.69, 9.17) is 11.6 Å².